The Labute approximate surface area is 139 Å². The summed E-state index contributed by atoms with van der Waals surface area (Å²) in [6.45, 7) is 10.2. The first kappa shape index (κ1) is 16.9. The molecule has 0 bridgehead atoms. The molecule has 3 rings (SSSR count). The molecule has 0 aliphatic heterocycles. The van der Waals surface area contributed by atoms with Crippen molar-refractivity contribution in [1.82, 2.24) is 0 Å². The number of aliphatic hydroxyl groups is 2. The molecular weight excluding hydrogens is 288 g/mol. The van der Waals surface area contributed by atoms with Crippen LogP contribution in [-0.4, -0.2) is 27.7 Å². The third-order valence-corrected chi connectivity index (χ3v) is 6.81. The van der Waals surface area contributed by atoms with E-state index < -0.39 is 17.1 Å². The smallest absolute Gasteiger partial charge is 0.143 e. The van der Waals surface area contributed by atoms with E-state index in [-0.39, 0.29) is 23.0 Å². The standard InChI is InChI=1S/C20H30O3/c1-12(2)13-10-15(21)20(5)16(22)11-18(3)8-9-19(4,23)7-6-14(18)17(13)20/h8-10,12,14-15,17,21,23H,6-7,11H2,1-5H3/t14-,15?,17?,18?,19+,20?/m1/s1. The van der Waals surface area contributed by atoms with Crippen LogP contribution in [0.2, 0.25) is 0 Å². The maximum atomic E-state index is 13.0. The van der Waals surface area contributed by atoms with Crippen molar-refractivity contribution < 1.29 is 15.0 Å². The zero-order valence-corrected chi connectivity index (χ0v) is 15.0. The van der Waals surface area contributed by atoms with Crippen LogP contribution in [0.25, 0.3) is 0 Å². The third kappa shape index (κ3) is 2.35. The number of hydrogen-bond donors (Lipinski definition) is 2. The summed E-state index contributed by atoms with van der Waals surface area (Å²) >= 11 is 0. The quantitative estimate of drug-likeness (QED) is 0.730. The number of hydrogen-bond acceptors (Lipinski definition) is 3. The summed E-state index contributed by atoms with van der Waals surface area (Å²) in [6.07, 6.45) is 7.24. The molecule has 3 aliphatic rings. The Kier molecular flexibility index (Phi) is 3.70. The van der Waals surface area contributed by atoms with E-state index in [1.54, 1.807) is 0 Å². The zero-order valence-electron chi connectivity index (χ0n) is 15.0. The van der Waals surface area contributed by atoms with E-state index in [0.717, 1.165) is 6.42 Å². The lowest BCUT2D eigenvalue weighted by Gasteiger charge is -2.52. The molecule has 4 unspecified atom stereocenters. The topological polar surface area (TPSA) is 57.5 Å². The molecule has 3 aliphatic carbocycles. The highest BCUT2D eigenvalue weighted by atomic mass is 16.3. The molecule has 128 valence electrons. The second-order valence-corrected chi connectivity index (χ2v) is 8.97. The lowest BCUT2D eigenvalue weighted by molar-refractivity contribution is -0.147. The first-order valence-electron chi connectivity index (χ1n) is 8.87. The summed E-state index contributed by atoms with van der Waals surface area (Å²) in [5, 5.41) is 21.1. The minimum absolute atomic E-state index is 0.0716. The predicted octanol–water partition coefficient (Wildman–Crippen LogP) is 3.26. The van der Waals surface area contributed by atoms with E-state index in [4.69, 9.17) is 0 Å². The molecule has 0 amide bonds. The fraction of sp³-hybridized carbons (Fsp3) is 0.750. The molecule has 0 aromatic carbocycles. The number of carbonyl (C=O) groups excluding carboxylic acids is 1. The van der Waals surface area contributed by atoms with Crippen molar-refractivity contribution in [3.63, 3.8) is 0 Å². The van der Waals surface area contributed by atoms with Gasteiger partial charge in [-0.05, 0) is 49.9 Å². The van der Waals surface area contributed by atoms with Crippen LogP contribution in [0.4, 0.5) is 0 Å². The van der Waals surface area contributed by atoms with Crippen LogP contribution in [0.1, 0.15) is 53.9 Å². The SMILES string of the molecule is CC(C)C1=CC(O)C2(C)C(=O)CC3(C)C=C[C@@](C)(O)CC[C@@H]3C12. The number of rotatable bonds is 1. The molecule has 23 heavy (non-hydrogen) atoms. The third-order valence-electron chi connectivity index (χ3n) is 6.81. The minimum Gasteiger partial charge on any atom is -0.388 e. The normalized spacial score (nSPS) is 49.7. The highest BCUT2D eigenvalue weighted by molar-refractivity contribution is 5.89. The van der Waals surface area contributed by atoms with Crippen LogP contribution in [0, 0.1) is 28.6 Å². The minimum atomic E-state index is -0.807. The van der Waals surface area contributed by atoms with E-state index in [1.807, 2.05) is 26.0 Å². The Bertz CT molecular complexity index is 586. The van der Waals surface area contributed by atoms with Crippen LogP contribution >= 0.6 is 0 Å². The van der Waals surface area contributed by atoms with Gasteiger partial charge in [0.1, 0.15) is 5.78 Å². The maximum absolute atomic E-state index is 13.0. The number of Topliss-reactive ketones (excluding diaryl/α,β-unsaturated/α-hetero) is 1. The van der Waals surface area contributed by atoms with Crippen LogP contribution in [0.3, 0.4) is 0 Å². The Morgan fingerprint density at radius 1 is 1.22 bits per heavy atom. The molecule has 3 heteroatoms. The molecule has 1 saturated carbocycles. The highest BCUT2D eigenvalue weighted by Crippen LogP contribution is 2.61. The number of allylic oxidation sites excluding steroid dienone is 2. The molecule has 0 heterocycles. The van der Waals surface area contributed by atoms with Crippen molar-refractivity contribution in [3.05, 3.63) is 23.8 Å². The molecule has 6 atom stereocenters. The summed E-state index contributed by atoms with van der Waals surface area (Å²) in [6, 6.07) is 0. The molecule has 3 nitrogen and oxygen atoms in total. The Hall–Kier alpha value is -0.930. The molecule has 0 spiro atoms. The Morgan fingerprint density at radius 3 is 2.48 bits per heavy atom. The van der Waals surface area contributed by atoms with Gasteiger partial charge in [-0.25, -0.2) is 0 Å². The Balaban J connectivity index is 2.11. The average Bonchev–Trinajstić information content (AvgIpc) is 2.64. The van der Waals surface area contributed by atoms with Crippen LogP contribution in [0.5, 0.6) is 0 Å². The fourth-order valence-electron chi connectivity index (χ4n) is 5.16. The molecular formula is C20H30O3. The van der Waals surface area contributed by atoms with E-state index in [1.165, 1.54) is 5.57 Å². The number of carbonyl (C=O) groups is 1. The first-order chi connectivity index (χ1) is 10.5. The van der Waals surface area contributed by atoms with Crippen molar-refractivity contribution in [3.8, 4) is 0 Å². The maximum Gasteiger partial charge on any atom is 0.143 e. The van der Waals surface area contributed by atoms with Gasteiger partial charge in [0.05, 0.1) is 17.1 Å². The second-order valence-electron chi connectivity index (χ2n) is 8.97. The summed E-state index contributed by atoms with van der Waals surface area (Å²) in [7, 11) is 0. The van der Waals surface area contributed by atoms with Crippen molar-refractivity contribution >= 4 is 5.78 Å². The molecule has 0 aromatic heterocycles. The van der Waals surface area contributed by atoms with Gasteiger partial charge < -0.3 is 10.2 Å². The van der Waals surface area contributed by atoms with Crippen LogP contribution in [0.15, 0.2) is 23.8 Å². The first-order valence-corrected chi connectivity index (χ1v) is 8.87. The predicted molar refractivity (Wildman–Crippen MR) is 90.7 cm³/mol. The largest absolute Gasteiger partial charge is 0.388 e. The highest BCUT2D eigenvalue weighted by Gasteiger charge is 2.62. The fourth-order valence-corrected chi connectivity index (χ4v) is 5.16. The average molecular weight is 318 g/mol. The van der Waals surface area contributed by atoms with Crippen molar-refractivity contribution in [2.75, 3.05) is 0 Å². The molecule has 1 fully saturated rings. The van der Waals surface area contributed by atoms with Gasteiger partial charge in [0, 0.05) is 6.42 Å². The number of aliphatic hydroxyl groups excluding tert-OH is 1. The van der Waals surface area contributed by atoms with E-state index in [2.05, 4.69) is 26.8 Å². The van der Waals surface area contributed by atoms with Gasteiger partial charge in [-0.2, -0.15) is 0 Å². The van der Waals surface area contributed by atoms with Gasteiger partial charge in [0.15, 0.2) is 0 Å². The summed E-state index contributed by atoms with van der Waals surface area (Å²) in [5.74, 6) is 0.828. The van der Waals surface area contributed by atoms with Gasteiger partial charge >= 0.3 is 0 Å². The van der Waals surface area contributed by atoms with Crippen LogP contribution < -0.4 is 0 Å². The molecule has 0 radical (unpaired) electrons. The van der Waals surface area contributed by atoms with E-state index in [0.29, 0.717) is 18.8 Å². The van der Waals surface area contributed by atoms with Gasteiger partial charge in [-0.3, -0.25) is 4.79 Å². The van der Waals surface area contributed by atoms with Gasteiger partial charge in [-0.15, -0.1) is 0 Å². The van der Waals surface area contributed by atoms with Crippen molar-refractivity contribution in [2.24, 2.45) is 28.6 Å². The molecule has 0 aromatic rings. The number of fused-ring (bicyclic) bond motifs is 3. The number of ketones is 1. The van der Waals surface area contributed by atoms with Crippen molar-refractivity contribution in [1.29, 1.82) is 0 Å². The second kappa shape index (κ2) is 5.03. The van der Waals surface area contributed by atoms with Gasteiger partial charge in [0.25, 0.3) is 0 Å². The lowest BCUT2D eigenvalue weighted by Crippen LogP contribution is -2.54. The molecule has 2 N–H and O–H groups in total. The van der Waals surface area contributed by atoms with E-state index >= 15 is 0 Å². The van der Waals surface area contributed by atoms with Crippen LogP contribution in [-0.2, 0) is 4.79 Å². The zero-order chi connectivity index (χ0) is 17.2. The van der Waals surface area contributed by atoms with E-state index in [9.17, 15) is 15.0 Å². The summed E-state index contributed by atoms with van der Waals surface area (Å²) in [5.41, 5.74) is -0.522. The Morgan fingerprint density at radius 2 is 1.87 bits per heavy atom. The summed E-state index contributed by atoms with van der Waals surface area (Å²) in [4.78, 5) is 13.0. The lowest BCUT2D eigenvalue weighted by atomic mass is 9.51. The van der Waals surface area contributed by atoms with Gasteiger partial charge in [0.2, 0.25) is 0 Å². The molecule has 0 saturated heterocycles. The van der Waals surface area contributed by atoms with Crippen molar-refractivity contribution in [2.45, 2.75) is 65.6 Å². The summed E-state index contributed by atoms with van der Waals surface area (Å²) < 4.78 is 0. The van der Waals surface area contributed by atoms with Gasteiger partial charge in [-0.1, -0.05) is 44.6 Å². The monoisotopic (exact) mass is 318 g/mol.